The minimum absolute atomic E-state index is 0.0350. The topological polar surface area (TPSA) is 34.1 Å². The lowest BCUT2D eigenvalue weighted by molar-refractivity contribution is 0.0972. The molecular formula is C17H14O2. The number of hydrogen-bond acceptors (Lipinski definition) is 2. The summed E-state index contributed by atoms with van der Waals surface area (Å²) in [5.74, 6) is -0.0742. The van der Waals surface area contributed by atoms with E-state index < -0.39 is 0 Å². The number of allylic oxidation sites excluding steroid dienone is 6. The Morgan fingerprint density at radius 2 is 1.84 bits per heavy atom. The Morgan fingerprint density at radius 3 is 2.63 bits per heavy atom. The van der Waals surface area contributed by atoms with E-state index >= 15 is 0 Å². The molecule has 1 aromatic rings. The van der Waals surface area contributed by atoms with Crippen molar-refractivity contribution >= 4 is 11.6 Å². The standard InChI is InChI=1S/C17H14O2/c1-2-11-8-9-14-15(10-11)17(19)13-7-5-3-4-6-12(13)16(14)18/h3,5-10H,2,4H2,1H3. The van der Waals surface area contributed by atoms with E-state index in [1.165, 1.54) is 0 Å². The van der Waals surface area contributed by atoms with Crippen LogP contribution in [0.4, 0.5) is 0 Å². The van der Waals surface area contributed by atoms with Crippen LogP contribution in [0, 0.1) is 0 Å². The minimum atomic E-state index is -0.0392. The first kappa shape index (κ1) is 11.8. The van der Waals surface area contributed by atoms with Crippen molar-refractivity contribution in [2.24, 2.45) is 0 Å². The smallest absolute Gasteiger partial charge is 0.194 e. The molecule has 2 heteroatoms. The van der Waals surface area contributed by atoms with Gasteiger partial charge in [-0.15, -0.1) is 0 Å². The first-order chi connectivity index (χ1) is 9.22. The summed E-state index contributed by atoms with van der Waals surface area (Å²) in [4.78, 5) is 25.0. The number of fused-ring (bicyclic) bond motifs is 2. The molecule has 0 aromatic heterocycles. The van der Waals surface area contributed by atoms with Crippen molar-refractivity contribution in [3.05, 3.63) is 70.3 Å². The van der Waals surface area contributed by atoms with Crippen LogP contribution in [0.3, 0.4) is 0 Å². The molecule has 0 radical (unpaired) electrons. The van der Waals surface area contributed by atoms with Gasteiger partial charge >= 0.3 is 0 Å². The summed E-state index contributed by atoms with van der Waals surface area (Å²) >= 11 is 0. The van der Waals surface area contributed by atoms with Gasteiger partial charge in [0.2, 0.25) is 0 Å². The van der Waals surface area contributed by atoms with Gasteiger partial charge in [0, 0.05) is 22.3 Å². The van der Waals surface area contributed by atoms with Gasteiger partial charge in [0.25, 0.3) is 0 Å². The summed E-state index contributed by atoms with van der Waals surface area (Å²) in [5.41, 5.74) is 3.24. The van der Waals surface area contributed by atoms with E-state index in [0.29, 0.717) is 28.7 Å². The minimum Gasteiger partial charge on any atom is -0.289 e. The average molecular weight is 250 g/mol. The van der Waals surface area contributed by atoms with Gasteiger partial charge in [-0.05, 0) is 24.5 Å². The number of hydrogen-bond donors (Lipinski definition) is 0. The molecule has 1 aromatic carbocycles. The third-order valence-corrected chi connectivity index (χ3v) is 3.62. The predicted octanol–water partition coefficient (Wildman–Crippen LogP) is 3.44. The molecule has 0 unspecified atom stereocenters. The van der Waals surface area contributed by atoms with Crippen LogP contribution in [0.25, 0.3) is 0 Å². The van der Waals surface area contributed by atoms with Gasteiger partial charge in [-0.2, -0.15) is 0 Å². The van der Waals surface area contributed by atoms with Crippen LogP contribution in [0.1, 0.15) is 39.6 Å². The molecule has 2 aliphatic carbocycles. The average Bonchev–Trinajstić information content (AvgIpc) is 2.70. The van der Waals surface area contributed by atoms with Gasteiger partial charge in [0.15, 0.2) is 11.6 Å². The molecule has 3 rings (SSSR count). The molecule has 0 N–H and O–H groups in total. The lowest BCUT2D eigenvalue weighted by Crippen LogP contribution is -2.22. The SMILES string of the molecule is CCc1ccc2c(c1)C(=O)C1=CC=CCC=C1C2=O. The number of rotatable bonds is 1. The lowest BCUT2D eigenvalue weighted by Gasteiger charge is -2.19. The molecule has 0 aliphatic heterocycles. The summed E-state index contributed by atoms with van der Waals surface area (Å²) in [6.45, 7) is 2.04. The molecule has 2 nitrogen and oxygen atoms in total. The maximum Gasteiger partial charge on any atom is 0.194 e. The fraction of sp³-hybridized carbons (Fsp3) is 0.176. The van der Waals surface area contributed by atoms with Crippen LogP contribution in [-0.4, -0.2) is 11.6 Å². The van der Waals surface area contributed by atoms with Crippen molar-refractivity contribution < 1.29 is 9.59 Å². The summed E-state index contributed by atoms with van der Waals surface area (Å²) in [5, 5.41) is 0. The Hall–Kier alpha value is -2.22. The normalized spacial score (nSPS) is 17.3. The van der Waals surface area contributed by atoms with Crippen LogP contribution in [-0.2, 0) is 6.42 Å². The molecular weight excluding hydrogens is 236 g/mol. The Bertz CT molecular complexity index is 673. The number of carbonyl (C=O) groups is 2. The molecule has 0 saturated carbocycles. The Balaban J connectivity index is 2.24. The van der Waals surface area contributed by atoms with Crippen LogP contribution in [0.15, 0.2) is 53.6 Å². The van der Waals surface area contributed by atoms with Crippen molar-refractivity contribution in [3.63, 3.8) is 0 Å². The van der Waals surface area contributed by atoms with Crippen molar-refractivity contribution in [1.29, 1.82) is 0 Å². The third-order valence-electron chi connectivity index (χ3n) is 3.62. The first-order valence-corrected chi connectivity index (χ1v) is 6.52. The molecule has 94 valence electrons. The quantitative estimate of drug-likeness (QED) is 0.765. The van der Waals surface area contributed by atoms with E-state index in [-0.39, 0.29) is 11.6 Å². The highest BCUT2D eigenvalue weighted by Crippen LogP contribution is 2.31. The monoisotopic (exact) mass is 250 g/mol. The number of benzene rings is 1. The molecule has 0 spiro atoms. The summed E-state index contributed by atoms with van der Waals surface area (Å²) < 4.78 is 0. The number of Topliss-reactive ketones (excluding diaryl/α,β-unsaturated/α-hetero) is 2. The first-order valence-electron chi connectivity index (χ1n) is 6.52. The lowest BCUT2D eigenvalue weighted by atomic mass is 9.81. The van der Waals surface area contributed by atoms with Gasteiger partial charge in [-0.25, -0.2) is 0 Å². The van der Waals surface area contributed by atoms with E-state index in [1.807, 2.05) is 37.3 Å². The molecule has 0 atom stereocenters. The highest BCUT2D eigenvalue weighted by atomic mass is 16.1. The maximum atomic E-state index is 12.5. The third kappa shape index (κ3) is 1.80. The summed E-state index contributed by atoms with van der Waals surface area (Å²) in [6.07, 6.45) is 8.93. The van der Waals surface area contributed by atoms with E-state index in [4.69, 9.17) is 0 Å². The van der Waals surface area contributed by atoms with Gasteiger partial charge in [-0.1, -0.05) is 43.4 Å². The molecule has 0 heterocycles. The van der Waals surface area contributed by atoms with Crippen molar-refractivity contribution in [2.75, 3.05) is 0 Å². The fourth-order valence-electron chi connectivity index (χ4n) is 2.53. The van der Waals surface area contributed by atoms with Crippen molar-refractivity contribution in [2.45, 2.75) is 19.8 Å². The molecule has 0 fully saturated rings. The largest absolute Gasteiger partial charge is 0.289 e. The zero-order valence-electron chi connectivity index (χ0n) is 10.8. The summed E-state index contributed by atoms with van der Waals surface area (Å²) in [6, 6.07) is 5.56. The van der Waals surface area contributed by atoms with Crippen LogP contribution < -0.4 is 0 Å². The van der Waals surface area contributed by atoms with Crippen molar-refractivity contribution in [1.82, 2.24) is 0 Å². The van der Waals surface area contributed by atoms with Gasteiger partial charge in [0.05, 0.1) is 0 Å². The molecule has 19 heavy (non-hydrogen) atoms. The zero-order valence-corrected chi connectivity index (χ0v) is 10.8. The zero-order chi connectivity index (χ0) is 13.4. The van der Waals surface area contributed by atoms with E-state index in [9.17, 15) is 9.59 Å². The Labute approximate surface area is 112 Å². The van der Waals surface area contributed by atoms with Crippen LogP contribution >= 0.6 is 0 Å². The highest BCUT2D eigenvalue weighted by Gasteiger charge is 2.32. The van der Waals surface area contributed by atoms with Crippen molar-refractivity contribution in [3.8, 4) is 0 Å². The second-order valence-electron chi connectivity index (χ2n) is 4.75. The number of ketones is 2. The van der Waals surface area contributed by atoms with Crippen LogP contribution in [0.2, 0.25) is 0 Å². The Kier molecular flexibility index (Phi) is 2.79. The maximum absolute atomic E-state index is 12.5. The fourth-order valence-corrected chi connectivity index (χ4v) is 2.53. The predicted molar refractivity (Wildman–Crippen MR) is 74.4 cm³/mol. The summed E-state index contributed by atoms with van der Waals surface area (Å²) in [7, 11) is 0. The Morgan fingerprint density at radius 1 is 1.05 bits per heavy atom. The molecule has 0 bridgehead atoms. The van der Waals surface area contributed by atoms with Gasteiger partial charge < -0.3 is 0 Å². The van der Waals surface area contributed by atoms with E-state index in [1.54, 1.807) is 12.1 Å². The molecule has 0 amide bonds. The molecule has 0 saturated heterocycles. The molecule has 2 aliphatic rings. The second-order valence-corrected chi connectivity index (χ2v) is 4.75. The highest BCUT2D eigenvalue weighted by molar-refractivity contribution is 6.31. The van der Waals surface area contributed by atoms with Crippen LogP contribution in [0.5, 0.6) is 0 Å². The second kappa shape index (κ2) is 4.47. The van der Waals surface area contributed by atoms with E-state index in [0.717, 1.165) is 12.0 Å². The van der Waals surface area contributed by atoms with E-state index in [2.05, 4.69) is 0 Å². The van der Waals surface area contributed by atoms with Gasteiger partial charge in [-0.3, -0.25) is 9.59 Å². The number of carbonyl (C=O) groups excluding carboxylic acids is 2. The number of aryl methyl sites for hydroxylation is 1. The van der Waals surface area contributed by atoms with Gasteiger partial charge in [0.1, 0.15) is 0 Å².